The van der Waals surface area contributed by atoms with E-state index in [1.165, 1.54) is 42.4 Å². The highest BCUT2D eigenvalue weighted by Gasteiger charge is 2.25. The van der Waals surface area contributed by atoms with Crippen molar-refractivity contribution < 1.29 is 9.18 Å². The van der Waals surface area contributed by atoms with E-state index in [0.717, 1.165) is 31.2 Å². The first kappa shape index (κ1) is 21.3. The molecular weight excluding hydrogens is 444 g/mol. The van der Waals surface area contributed by atoms with Gasteiger partial charge in [-0.3, -0.25) is 9.36 Å². The second-order valence-corrected chi connectivity index (χ2v) is 9.10. The van der Waals surface area contributed by atoms with Gasteiger partial charge in [-0.1, -0.05) is 54.2 Å². The number of halogens is 3. The molecule has 0 saturated heterocycles. The van der Waals surface area contributed by atoms with Gasteiger partial charge < -0.3 is 0 Å². The maximum atomic E-state index is 13.1. The Bertz CT molecular complexity index is 1050. The smallest absolute Gasteiger partial charge is 0.192 e. The van der Waals surface area contributed by atoms with E-state index in [1.54, 1.807) is 12.1 Å². The van der Waals surface area contributed by atoms with Crippen LogP contribution in [0.2, 0.25) is 10.0 Å². The van der Waals surface area contributed by atoms with Crippen molar-refractivity contribution in [2.24, 2.45) is 0 Å². The van der Waals surface area contributed by atoms with E-state index >= 15 is 0 Å². The maximum Gasteiger partial charge on any atom is 0.192 e. The number of Topliss-reactive ketones (excluding diaryl/α,β-unsaturated/α-hetero) is 1. The van der Waals surface area contributed by atoms with Crippen LogP contribution in [0, 0.1) is 5.82 Å². The molecule has 30 heavy (non-hydrogen) atoms. The van der Waals surface area contributed by atoms with Crippen LogP contribution in [0.3, 0.4) is 0 Å². The molecule has 1 fully saturated rings. The molecule has 8 heteroatoms. The quantitative estimate of drug-likeness (QED) is 0.295. The molecule has 0 N–H and O–H groups in total. The fourth-order valence-electron chi connectivity index (χ4n) is 3.75. The number of hydrogen-bond donors (Lipinski definition) is 0. The molecule has 1 saturated carbocycles. The Morgan fingerprint density at radius 3 is 2.50 bits per heavy atom. The van der Waals surface area contributed by atoms with Gasteiger partial charge in [-0.05, 0) is 55.3 Å². The summed E-state index contributed by atoms with van der Waals surface area (Å²) in [5.41, 5.74) is 1.25. The summed E-state index contributed by atoms with van der Waals surface area (Å²) in [6.07, 6.45) is 5.59. The van der Waals surface area contributed by atoms with Gasteiger partial charge in [-0.25, -0.2) is 4.39 Å². The molecule has 0 aliphatic heterocycles. The minimum Gasteiger partial charge on any atom is -0.299 e. The molecule has 3 aromatic rings. The average Bonchev–Trinajstić information content (AvgIpc) is 3.17. The Morgan fingerprint density at radius 2 is 1.80 bits per heavy atom. The summed E-state index contributed by atoms with van der Waals surface area (Å²) in [5, 5.41) is 10.6. The Labute approximate surface area is 188 Å². The zero-order valence-corrected chi connectivity index (χ0v) is 18.5. The van der Waals surface area contributed by atoms with Gasteiger partial charge in [-0.2, -0.15) is 0 Å². The second-order valence-electron chi connectivity index (χ2n) is 7.31. The maximum absolute atomic E-state index is 13.1. The summed E-state index contributed by atoms with van der Waals surface area (Å²) in [5.74, 6) is 0.454. The van der Waals surface area contributed by atoms with Crippen molar-refractivity contribution in [2.45, 2.75) is 43.3 Å². The van der Waals surface area contributed by atoms with Gasteiger partial charge in [0, 0.05) is 22.2 Å². The van der Waals surface area contributed by atoms with Crippen LogP contribution in [0.1, 0.15) is 48.5 Å². The lowest BCUT2D eigenvalue weighted by Gasteiger charge is -2.25. The first-order chi connectivity index (χ1) is 14.5. The van der Waals surface area contributed by atoms with Crippen LogP contribution in [0.25, 0.3) is 11.4 Å². The van der Waals surface area contributed by atoms with Gasteiger partial charge in [-0.15, -0.1) is 10.2 Å². The average molecular weight is 464 g/mol. The summed E-state index contributed by atoms with van der Waals surface area (Å²) in [6, 6.07) is 11.2. The number of aromatic nitrogens is 3. The van der Waals surface area contributed by atoms with E-state index in [9.17, 15) is 9.18 Å². The summed E-state index contributed by atoms with van der Waals surface area (Å²) in [6.45, 7) is 0. The fraction of sp³-hybridized carbons (Fsp3) is 0.318. The molecule has 1 heterocycles. The van der Waals surface area contributed by atoms with Crippen molar-refractivity contribution in [1.82, 2.24) is 14.8 Å². The first-order valence-electron chi connectivity index (χ1n) is 9.85. The molecule has 0 spiro atoms. The number of benzene rings is 2. The fourth-order valence-corrected chi connectivity index (χ4v) is 5.14. The molecule has 1 aliphatic rings. The summed E-state index contributed by atoms with van der Waals surface area (Å²) in [4.78, 5) is 12.5. The summed E-state index contributed by atoms with van der Waals surface area (Å²) < 4.78 is 15.2. The molecule has 0 unspecified atom stereocenters. The van der Waals surface area contributed by atoms with Crippen molar-refractivity contribution in [2.75, 3.05) is 5.75 Å². The number of carbonyl (C=O) groups excluding carboxylic acids is 1. The molecule has 1 aromatic heterocycles. The van der Waals surface area contributed by atoms with Gasteiger partial charge >= 0.3 is 0 Å². The van der Waals surface area contributed by atoms with E-state index in [4.69, 9.17) is 23.2 Å². The number of hydrogen-bond acceptors (Lipinski definition) is 4. The van der Waals surface area contributed by atoms with E-state index in [2.05, 4.69) is 14.8 Å². The summed E-state index contributed by atoms with van der Waals surface area (Å²) in [7, 11) is 0. The number of ketones is 1. The van der Waals surface area contributed by atoms with Crippen LogP contribution in [0.4, 0.5) is 4.39 Å². The van der Waals surface area contributed by atoms with Crippen LogP contribution < -0.4 is 0 Å². The molecule has 0 bridgehead atoms. The molecule has 2 aromatic carbocycles. The predicted molar refractivity (Wildman–Crippen MR) is 119 cm³/mol. The lowest BCUT2D eigenvalue weighted by atomic mass is 9.95. The van der Waals surface area contributed by atoms with E-state index < -0.39 is 0 Å². The SMILES string of the molecule is O=C(CSc1nnc(-c2ccc(Cl)cc2Cl)n1C1CCCCC1)c1ccc(F)cc1. The molecule has 4 nitrogen and oxygen atoms in total. The third-order valence-electron chi connectivity index (χ3n) is 5.27. The van der Waals surface area contributed by atoms with Crippen LogP contribution in [0.5, 0.6) is 0 Å². The Hall–Kier alpha value is -1.89. The lowest BCUT2D eigenvalue weighted by molar-refractivity contribution is 0.102. The number of rotatable bonds is 6. The number of thioether (sulfide) groups is 1. The van der Waals surface area contributed by atoms with Crippen molar-refractivity contribution in [3.63, 3.8) is 0 Å². The molecule has 0 radical (unpaired) electrons. The minimum absolute atomic E-state index is 0.0794. The van der Waals surface area contributed by atoms with Gasteiger partial charge in [0.2, 0.25) is 0 Å². The Kier molecular flexibility index (Phi) is 6.76. The topological polar surface area (TPSA) is 47.8 Å². The van der Waals surface area contributed by atoms with Gasteiger partial charge in [0.05, 0.1) is 10.8 Å². The largest absolute Gasteiger partial charge is 0.299 e. The number of nitrogens with zero attached hydrogens (tertiary/aromatic N) is 3. The van der Waals surface area contributed by atoms with Crippen LogP contribution in [-0.2, 0) is 0 Å². The van der Waals surface area contributed by atoms with Crippen LogP contribution in [-0.4, -0.2) is 26.3 Å². The second kappa shape index (κ2) is 9.50. The molecule has 0 amide bonds. The Balaban J connectivity index is 1.63. The molecule has 1 aliphatic carbocycles. The standard InChI is InChI=1S/C22H20Cl2FN3OS/c23-15-8-11-18(19(24)12-15)21-26-27-22(28(21)17-4-2-1-3-5-17)30-13-20(29)14-6-9-16(25)10-7-14/h6-12,17H,1-5,13H2. The Morgan fingerprint density at radius 1 is 1.07 bits per heavy atom. The van der Waals surface area contributed by atoms with E-state index in [-0.39, 0.29) is 23.4 Å². The number of carbonyl (C=O) groups is 1. The van der Waals surface area contributed by atoms with Crippen molar-refractivity contribution >= 4 is 40.7 Å². The minimum atomic E-state index is -0.360. The summed E-state index contributed by atoms with van der Waals surface area (Å²) >= 11 is 13.9. The van der Waals surface area contributed by atoms with Crippen molar-refractivity contribution in [1.29, 1.82) is 0 Å². The van der Waals surface area contributed by atoms with E-state index in [0.29, 0.717) is 26.6 Å². The molecule has 156 valence electrons. The van der Waals surface area contributed by atoms with Crippen molar-refractivity contribution in [3.05, 3.63) is 63.9 Å². The third-order valence-corrected chi connectivity index (χ3v) is 6.77. The molecular formula is C22H20Cl2FN3OS. The molecule has 4 rings (SSSR count). The zero-order chi connectivity index (χ0) is 21.1. The highest BCUT2D eigenvalue weighted by molar-refractivity contribution is 7.99. The monoisotopic (exact) mass is 463 g/mol. The van der Waals surface area contributed by atoms with Crippen LogP contribution in [0.15, 0.2) is 47.6 Å². The van der Waals surface area contributed by atoms with Crippen molar-refractivity contribution in [3.8, 4) is 11.4 Å². The highest BCUT2D eigenvalue weighted by Crippen LogP contribution is 2.38. The zero-order valence-electron chi connectivity index (χ0n) is 16.2. The third kappa shape index (κ3) is 4.71. The van der Waals surface area contributed by atoms with Crippen LogP contribution >= 0.6 is 35.0 Å². The highest BCUT2D eigenvalue weighted by atomic mass is 35.5. The van der Waals surface area contributed by atoms with Gasteiger partial charge in [0.1, 0.15) is 5.82 Å². The normalized spacial score (nSPS) is 14.8. The van der Waals surface area contributed by atoms with E-state index in [1.807, 2.05) is 6.07 Å². The van der Waals surface area contributed by atoms with Gasteiger partial charge in [0.25, 0.3) is 0 Å². The van der Waals surface area contributed by atoms with Gasteiger partial charge in [0.15, 0.2) is 16.8 Å². The molecule has 0 atom stereocenters. The lowest BCUT2D eigenvalue weighted by Crippen LogP contribution is -2.15. The predicted octanol–water partition coefficient (Wildman–Crippen LogP) is 6.87. The first-order valence-corrected chi connectivity index (χ1v) is 11.6.